The Balaban J connectivity index is 2.20. The second-order valence-electron chi connectivity index (χ2n) is 5.54. The van der Waals surface area contributed by atoms with E-state index in [1.807, 2.05) is 25.1 Å². The lowest BCUT2D eigenvalue weighted by molar-refractivity contribution is 0.394. The third-order valence-corrected chi connectivity index (χ3v) is 5.25. The number of H-pyrrole nitrogens is 1. The fourth-order valence-electron chi connectivity index (χ4n) is 2.42. The van der Waals surface area contributed by atoms with Gasteiger partial charge in [0.1, 0.15) is 10.7 Å². The highest BCUT2D eigenvalue weighted by molar-refractivity contribution is 14.1. The summed E-state index contributed by atoms with van der Waals surface area (Å²) in [6.45, 7) is 1.87. The highest BCUT2D eigenvalue weighted by atomic mass is 127. The molecule has 10 heteroatoms. The first kappa shape index (κ1) is 18.6. The van der Waals surface area contributed by atoms with Crippen LogP contribution in [0.5, 0.6) is 0 Å². The maximum Gasteiger partial charge on any atom is 0.357 e. The van der Waals surface area contributed by atoms with E-state index in [2.05, 4.69) is 37.6 Å². The van der Waals surface area contributed by atoms with Crippen LogP contribution >= 0.6 is 22.6 Å². The summed E-state index contributed by atoms with van der Waals surface area (Å²) in [6.07, 6.45) is 0. The van der Waals surface area contributed by atoms with Crippen LogP contribution in [0.2, 0.25) is 0 Å². The third kappa shape index (κ3) is 3.81. The fourth-order valence-corrected chi connectivity index (χ4v) is 3.68. The standard InChI is InChI=1S/C16H13FIN3O4S/c1-8-4-9(18)2-3-12(8)20-13-6-11(17)15(26(19,23)24)5-10(13)14-7-16(22)25-21-14/h2-7,20-21H,1H3,(H2,19,23,24). The number of anilines is 2. The number of nitrogens with two attached hydrogens (primary N) is 1. The van der Waals surface area contributed by atoms with Gasteiger partial charge in [0, 0.05) is 14.8 Å². The van der Waals surface area contributed by atoms with E-state index in [0.29, 0.717) is 5.69 Å². The van der Waals surface area contributed by atoms with Crippen molar-refractivity contribution in [3.8, 4) is 11.3 Å². The summed E-state index contributed by atoms with van der Waals surface area (Å²) >= 11 is 2.17. The molecule has 0 bridgehead atoms. The van der Waals surface area contributed by atoms with Crippen LogP contribution in [0.4, 0.5) is 15.8 Å². The first-order valence-corrected chi connectivity index (χ1v) is 9.86. The zero-order valence-corrected chi connectivity index (χ0v) is 16.3. The Labute approximate surface area is 161 Å². The van der Waals surface area contributed by atoms with E-state index in [4.69, 9.17) is 5.14 Å². The minimum Gasteiger partial charge on any atom is -0.355 e. The molecule has 0 aliphatic heterocycles. The number of aromatic nitrogens is 1. The molecule has 0 unspecified atom stereocenters. The summed E-state index contributed by atoms with van der Waals surface area (Å²) in [7, 11) is -4.29. The van der Waals surface area contributed by atoms with Gasteiger partial charge in [-0.2, -0.15) is 0 Å². The molecule has 26 heavy (non-hydrogen) atoms. The van der Waals surface area contributed by atoms with E-state index in [0.717, 1.165) is 27.3 Å². The average molecular weight is 489 g/mol. The molecule has 0 amide bonds. The molecule has 0 radical (unpaired) electrons. The molecular weight excluding hydrogens is 476 g/mol. The number of hydrogen-bond acceptors (Lipinski definition) is 5. The van der Waals surface area contributed by atoms with Crippen LogP contribution in [0.25, 0.3) is 11.3 Å². The van der Waals surface area contributed by atoms with Crippen LogP contribution in [0.15, 0.2) is 50.6 Å². The smallest absolute Gasteiger partial charge is 0.355 e. The van der Waals surface area contributed by atoms with Crippen LogP contribution in [-0.4, -0.2) is 13.6 Å². The van der Waals surface area contributed by atoms with Crippen molar-refractivity contribution in [3.63, 3.8) is 0 Å². The van der Waals surface area contributed by atoms with Crippen LogP contribution in [0.3, 0.4) is 0 Å². The van der Waals surface area contributed by atoms with Gasteiger partial charge in [-0.1, -0.05) is 0 Å². The number of nitrogens with one attached hydrogen (secondary N) is 2. The first-order chi connectivity index (χ1) is 12.1. The van der Waals surface area contributed by atoms with Crippen LogP contribution in [0, 0.1) is 16.3 Å². The van der Waals surface area contributed by atoms with Crippen molar-refractivity contribution in [1.82, 2.24) is 5.16 Å². The summed E-state index contributed by atoms with van der Waals surface area (Å²) in [5, 5.41) is 10.5. The summed E-state index contributed by atoms with van der Waals surface area (Å²) in [4.78, 5) is 10.7. The van der Waals surface area contributed by atoms with Gasteiger partial charge in [-0.3, -0.25) is 0 Å². The molecule has 2 aromatic carbocycles. The molecule has 0 fully saturated rings. The molecule has 3 aromatic rings. The summed E-state index contributed by atoms with van der Waals surface area (Å²) in [5.74, 6) is -1.01. The number of sulfonamides is 1. The minimum absolute atomic E-state index is 0.186. The third-order valence-electron chi connectivity index (χ3n) is 3.65. The highest BCUT2D eigenvalue weighted by Crippen LogP contribution is 2.33. The molecule has 0 atom stereocenters. The molecule has 0 aliphatic carbocycles. The van der Waals surface area contributed by atoms with E-state index in [-0.39, 0.29) is 16.9 Å². The number of aromatic amines is 1. The Morgan fingerprint density at radius 1 is 1.19 bits per heavy atom. The number of benzene rings is 2. The number of hydrogen-bond donors (Lipinski definition) is 3. The normalized spacial score (nSPS) is 11.5. The van der Waals surface area contributed by atoms with Gasteiger partial charge in [-0.15, -0.1) is 0 Å². The zero-order chi connectivity index (χ0) is 19.1. The van der Waals surface area contributed by atoms with Crippen molar-refractivity contribution < 1.29 is 17.3 Å². The summed E-state index contributed by atoms with van der Waals surface area (Å²) in [6, 6.07) is 8.80. The molecule has 0 aliphatic rings. The van der Waals surface area contributed by atoms with Crippen LogP contribution in [0.1, 0.15) is 5.56 Å². The van der Waals surface area contributed by atoms with E-state index >= 15 is 0 Å². The van der Waals surface area contributed by atoms with Crippen molar-refractivity contribution >= 4 is 44.0 Å². The number of rotatable bonds is 4. The van der Waals surface area contributed by atoms with Gasteiger partial charge in [0.2, 0.25) is 10.0 Å². The lowest BCUT2D eigenvalue weighted by Gasteiger charge is -2.15. The average Bonchev–Trinajstić information content (AvgIpc) is 2.95. The molecule has 1 aromatic heterocycles. The Bertz CT molecular complexity index is 1150. The molecule has 0 spiro atoms. The van der Waals surface area contributed by atoms with Crippen molar-refractivity contribution in [2.45, 2.75) is 11.8 Å². The molecule has 1 heterocycles. The quantitative estimate of drug-likeness (QED) is 0.487. The second kappa shape index (κ2) is 6.85. The summed E-state index contributed by atoms with van der Waals surface area (Å²) < 4.78 is 43.2. The van der Waals surface area contributed by atoms with Gasteiger partial charge >= 0.3 is 5.63 Å². The first-order valence-electron chi connectivity index (χ1n) is 7.23. The van der Waals surface area contributed by atoms with Crippen molar-refractivity contribution in [3.05, 3.63) is 61.8 Å². The van der Waals surface area contributed by atoms with Gasteiger partial charge in [0.15, 0.2) is 0 Å². The maximum absolute atomic E-state index is 14.3. The number of aryl methyl sites for hydroxylation is 1. The second-order valence-corrected chi connectivity index (χ2v) is 8.31. The Kier molecular flexibility index (Phi) is 4.90. The molecular formula is C16H13FIN3O4S. The topological polar surface area (TPSA) is 118 Å². The Morgan fingerprint density at radius 3 is 2.50 bits per heavy atom. The molecule has 4 N–H and O–H groups in total. The Hall–Kier alpha value is -2.18. The zero-order valence-electron chi connectivity index (χ0n) is 13.3. The molecule has 7 nitrogen and oxygen atoms in total. The van der Waals surface area contributed by atoms with E-state index < -0.39 is 26.4 Å². The highest BCUT2D eigenvalue weighted by Gasteiger charge is 2.20. The molecule has 3 rings (SSSR count). The van der Waals surface area contributed by atoms with E-state index in [1.54, 1.807) is 0 Å². The van der Waals surface area contributed by atoms with Gasteiger partial charge in [-0.05, 0) is 65.4 Å². The number of primary sulfonamides is 1. The minimum atomic E-state index is -4.29. The van der Waals surface area contributed by atoms with Gasteiger partial charge in [0.25, 0.3) is 0 Å². The Morgan fingerprint density at radius 2 is 1.92 bits per heavy atom. The molecule has 136 valence electrons. The van der Waals surface area contributed by atoms with Crippen LogP contribution in [-0.2, 0) is 10.0 Å². The molecule has 0 saturated carbocycles. The number of halogens is 2. The van der Waals surface area contributed by atoms with Crippen LogP contribution < -0.4 is 16.1 Å². The lowest BCUT2D eigenvalue weighted by Crippen LogP contribution is -2.14. The summed E-state index contributed by atoms with van der Waals surface area (Å²) in [5.41, 5.74) is 1.60. The fraction of sp³-hybridized carbons (Fsp3) is 0.0625. The largest absolute Gasteiger partial charge is 0.357 e. The van der Waals surface area contributed by atoms with Crippen molar-refractivity contribution in [2.24, 2.45) is 5.14 Å². The van der Waals surface area contributed by atoms with Crippen molar-refractivity contribution in [2.75, 3.05) is 5.32 Å². The van der Waals surface area contributed by atoms with Gasteiger partial charge in [-0.25, -0.2) is 27.9 Å². The maximum atomic E-state index is 14.3. The van der Waals surface area contributed by atoms with Gasteiger partial charge in [0.05, 0.1) is 17.4 Å². The SMILES string of the molecule is Cc1cc(I)ccc1Nc1cc(F)c(S(N)(=O)=O)cc1-c1cc(=O)o[nH]1. The lowest BCUT2D eigenvalue weighted by atomic mass is 10.1. The predicted molar refractivity (Wildman–Crippen MR) is 103 cm³/mol. The molecule has 0 saturated heterocycles. The predicted octanol–water partition coefficient (Wildman–Crippen LogP) is 3.08. The van der Waals surface area contributed by atoms with Crippen molar-refractivity contribution in [1.29, 1.82) is 0 Å². The van der Waals surface area contributed by atoms with Gasteiger partial charge < -0.3 is 9.84 Å². The van der Waals surface area contributed by atoms with E-state index in [9.17, 15) is 17.6 Å². The van der Waals surface area contributed by atoms with E-state index in [1.165, 1.54) is 0 Å². The monoisotopic (exact) mass is 489 g/mol.